The average Bonchev–Trinajstić information content (AvgIpc) is 3.28. The van der Waals surface area contributed by atoms with E-state index in [4.69, 9.17) is 0 Å². The number of aliphatic hydroxyl groups is 1. The van der Waals surface area contributed by atoms with Gasteiger partial charge in [-0.25, -0.2) is 0 Å². The lowest BCUT2D eigenvalue weighted by atomic mass is 10.1. The summed E-state index contributed by atoms with van der Waals surface area (Å²) in [6.45, 7) is 5.27. The number of aromatic nitrogens is 2. The van der Waals surface area contributed by atoms with Crippen molar-refractivity contribution in [2.45, 2.75) is 25.6 Å². The zero-order valence-electron chi connectivity index (χ0n) is 14.0. The standard InChI is InChI=1S/C18H22N4OS2/c23-8-5-15-12-21(6-7-22(15)13-16-2-1-9-24-16)11-14-3-4-17-18(10-14)20-25-19-17/h1-4,9-10,15,23H,5-8,11-13H2/t15-/m1/s1. The first-order chi connectivity index (χ1) is 12.3. The molecule has 0 radical (unpaired) electrons. The normalized spacial score (nSPS) is 19.6. The van der Waals surface area contributed by atoms with Gasteiger partial charge in [0, 0.05) is 50.2 Å². The second kappa shape index (κ2) is 7.88. The van der Waals surface area contributed by atoms with Crippen LogP contribution in [0, 0.1) is 0 Å². The number of rotatable bonds is 6. The van der Waals surface area contributed by atoms with Crippen LogP contribution in [-0.4, -0.2) is 55.9 Å². The second-order valence-corrected chi connectivity index (χ2v) is 8.10. The van der Waals surface area contributed by atoms with Crippen molar-refractivity contribution in [2.75, 3.05) is 26.2 Å². The molecule has 1 aromatic carbocycles. The van der Waals surface area contributed by atoms with Gasteiger partial charge in [-0.2, -0.15) is 8.75 Å². The molecule has 132 valence electrons. The van der Waals surface area contributed by atoms with Crippen LogP contribution in [0.5, 0.6) is 0 Å². The molecule has 0 aliphatic carbocycles. The molecule has 0 bridgehead atoms. The second-order valence-electron chi connectivity index (χ2n) is 6.54. The first-order valence-electron chi connectivity index (χ1n) is 8.62. The molecule has 4 rings (SSSR count). The van der Waals surface area contributed by atoms with E-state index in [1.165, 1.54) is 22.2 Å². The number of aliphatic hydroxyl groups excluding tert-OH is 1. The molecule has 1 aliphatic rings. The van der Waals surface area contributed by atoms with Crippen LogP contribution in [0.3, 0.4) is 0 Å². The number of hydrogen-bond acceptors (Lipinski definition) is 7. The molecule has 1 atom stereocenters. The lowest BCUT2D eigenvalue weighted by Gasteiger charge is -2.41. The van der Waals surface area contributed by atoms with Crippen LogP contribution >= 0.6 is 23.1 Å². The summed E-state index contributed by atoms with van der Waals surface area (Å²) in [7, 11) is 0. The van der Waals surface area contributed by atoms with Crippen LogP contribution in [0.4, 0.5) is 0 Å². The summed E-state index contributed by atoms with van der Waals surface area (Å²) in [5.41, 5.74) is 3.26. The van der Waals surface area contributed by atoms with E-state index in [0.717, 1.165) is 50.2 Å². The zero-order valence-corrected chi connectivity index (χ0v) is 15.7. The Morgan fingerprint density at radius 1 is 1.12 bits per heavy atom. The topological polar surface area (TPSA) is 52.5 Å². The summed E-state index contributed by atoms with van der Waals surface area (Å²) in [6.07, 6.45) is 0.830. The van der Waals surface area contributed by atoms with Crippen molar-refractivity contribution in [1.82, 2.24) is 18.5 Å². The molecule has 0 saturated carbocycles. The molecule has 1 saturated heterocycles. The molecule has 0 amide bonds. The Balaban J connectivity index is 1.41. The summed E-state index contributed by atoms with van der Waals surface area (Å²) in [5.74, 6) is 0. The summed E-state index contributed by atoms with van der Waals surface area (Å²) in [5, 5.41) is 11.6. The van der Waals surface area contributed by atoms with Gasteiger partial charge in [0.2, 0.25) is 0 Å². The Hall–Kier alpha value is -1.38. The number of benzene rings is 1. The van der Waals surface area contributed by atoms with E-state index in [9.17, 15) is 5.11 Å². The third kappa shape index (κ3) is 4.07. The highest BCUT2D eigenvalue weighted by molar-refractivity contribution is 7.09. The Kier molecular flexibility index (Phi) is 5.38. The number of fused-ring (bicyclic) bond motifs is 1. The molecule has 5 nitrogen and oxygen atoms in total. The summed E-state index contributed by atoms with van der Waals surface area (Å²) in [6, 6.07) is 11.1. The van der Waals surface area contributed by atoms with Gasteiger partial charge in [-0.3, -0.25) is 9.80 Å². The smallest absolute Gasteiger partial charge is 0.105 e. The van der Waals surface area contributed by atoms with Gasteiger partial charge in [0.1, 0.15) is 11.0 Å². The van der Waals surface area contributed by atoms with Crippen molar-refractivity contribution in [3.63, 3.8) is 0 Å². The van der Waals surface area contributed by atoms with E-state index < -0.39 is 0 Å². The minimum Gasteiger partial charge on any atom is -0.396 e. The SMILES string of the molecule is OCC[C@@H]1CN(Cc2ccc3nsnc3c2)CCN1Cc1cccs1. The van der Waals surface area contributed by atoms with Crippen molar-refractivity contribution in [2.24, 2.45) is 0 Å². The number of hydrogen-bond donors (Lipinski definition) is 1. The van der Waals surface area contributed by atoms with Gasteiger partial charge < -0.3 is 5.11 Å². The molecular weight excluding hydrogens is 352 g/mol. The van der Waals surface area contributed by atoms with Crippen molar-refractivity contribution in [3.8, 4) is 0 Å². The van der Waals surface area contributed by atoms with Gasteiger partial charge in [0.15, 0.2) is 0 Å². The van der Waals surface area contributed by atoms with E-state index in [2.05, 4.69) is 54.3 Å². The first kappa shape index (κ1) is 17.1. The Labute approximate surface area is 155 Å². The third-order valence-electron chi connectivity index (χ3n) is 4.81. The van der Waals surface area contributed by atoms with Crippen molar-refractivity contribution in [3.05, 3.63) is 46.2 Å². The fourth-order valence-electron chi connectivity index (χ4n) is 3.52. The predicted octanol–water partition coefficient (Wildman–Crippen LogP) is 2.82. The molecule has 1 aliphatic heterocycles. The van der Waals surface area contributed by atoms with Crippen LogP contribution in [0.1, 0.15) is 16.9 Å². The molecule has 1 fully saturated rings. The maximum atomic E-state index is 9.48. The molecule has 3 heterocycles. The van der Waals surface area contributed by atoms with Gasteiger partial charge in [-0.1, -0.05) is 12.1 Å². The Morgan fingerprint density at radius 3 is 2.88 bits per heavy atom. The lowest BCUT2D eigenvalue weighted by Crippen LogP contribution is -2.52. The van der Waals surface area contributed by atoms with E-state index >= 15 is 0 Å². The van der Waals surface area contributed by atoms with Gasteiger partial charge in [0.05, 0.1) is 11.7 Å². The largest absolute Gasteiger partial charge is 0.396 e. The van der Waals surface area contributed by atoms with E-state index in [1.54, 1.807) is 0 Å². The van der Waals surface area contributed by atoms with Gasteiger partial charge in [-0.15, -0.1) is 11.3 Å². The number of piperazine rings is 1. The minimum atomic E-state index is 0.246. The van der Waals surface area contributed by atoms with Crippen molar-refractivity contribution in [1.29, 1.82) is 0 Å². The molecule has 0 spiro atoms. The van der Waals surface area contributed by atoms with Gasteiger partial charge in [-0.05, 0) is 35.6 Å². The molecule has 0 unspecified atom stereocenters. The summed E-state index contributed by atoms with van der Waals surface area (Å²) < 4.78 is 8.61. The predicted molar refractivity (Wildman–Crippen MR) is 103 cm³/mol. The Morgan fingerprint density at radius 2 is 2.04 bits per heavy atom. The van der Waals surface area contributed by atoms with Gasteiger partial charge >= 0.3 is 0 Å². The highest BCUT2D eigenvalue weighted by Gasteiger charge is 2.26. The van der Waals surface area contributed by atoms with Crippen LogP contribution in [0.25, 0.3) is 11.0 Å². The third-order valence-corrected chi connectivity index (χ3v) is 6.23. The fourth-order valence-corrected chi connectivity index (χ4v) is 4.77. The monoisotopic (exact) mass is 374 g/mol. The van der Waals surface area contributed by atoms with Crippen LogP contribution in [0.15, 0.2) is 35.7 Å². The highest BCUT2D eigenvalue weighted by Crippen LogP contribution is 2.21. The maximum absolute atomic E-state index is 9.48. The Bertz CT molecular complexity index is 804. The molecule has 7 heteroatoms. The van der Waals surface area contributed by atoms with Crippen molar-refractivity contribution >= 4 is 34.1 Å². The first-order valence-corrected chi connectivity index (χ1v) is 10.2. The van der Waals surface area contributed by atoms with E-state index in [1.807, 2.05) is 11.3 Å². The van der Waals surface area contributed by atoms with E-state index in [0.29, 0.717) is 6.04 Å². The maximum Gasteiger partial charge on any atom is 0.105 e. The van der Waals surface area contributed by atoms with Crippen molar-refractivity contribution < 1.29 is 5.11 Å². The van der Waals surface area contributed by atoms with Gasteiger partial charge in [0.25, 0.3) is 0 Å². The number of thiophene rings is 1. The number of nitrogens with zero attached hydrogens (tertiary/aromatic N) is 4. The average molecular weight is 375 g/mol. The molecular formula is C18H22N4OS2. The minimum absolute atomic E-state index is 0.246. The van der Waals surface area contributed by atoms with Crippen LogP contribution in [0.2, 0.25) is 0 Å². The van der Waals surface area contributed by atoms with E-state index in [-0.39, 0.29) is 6.61 Å². The molecule has 2 aromatic heterocycles. The lowest BCUT2D eigenvalue weighted by molar-refractivity contribution is 0.0507. The van der Waals surface area contributed by atoms with Crippen LogP contribution in [-0.2, 0) is 13.1 Å². The summed E-state index contributed by atoms with van der Waals surface area (Å²) >= 11 is 3.08. The van der Waals surface area contributed by atoms with Crippen LogP contribution < -0.4 is 0 Å². The zero-order chi connectivity index (χ0) is 17.1. The molecule has 3 aromatic rings. The fraction of sp³-hybridized carbons (Fsp3) is 0.444. The molecule has 1 N–H and O–H groups in total. The quantitative estimate of drug-likeness (QED) is 0.719. The molecule has 25 heavy (non-hydrogen) atoms. The highest BCUT2D eigenvalue weighted by atomic mass is 32.1. The summed E-state index contributed by atoms with van der Waals surface area (Å²) in [4.78, 5) is 6.41.